The van der Waals surface area contributed by atoms with Crippen molar-refractivity contribution in [1.29, 1.82) is 0 Å². The van der Waals surface area contributed by atoms with Gasteiger partial charge in [-0.2, -0.15) is 26.3 Å². The molecule has 8 nitrogen and oxygen atoms in total. The van der Waals surface area contributed by atoms with Crippen molar-refractivity contribution < 1.29 is 51.3 Å². The number of carbonyl (C=O) groups is 2. The Balaban J connectivity index is 0.000000320. The number of halogens is 6. The van der Waals surface area contributed by atoms with E-state index in [0.717, 1.165) is 30.6 Å². The summed E-state index contributed by atoms with van der Waals surface area (Å²) in [6.45, 7) is 0. The fourth-order valence-corrected chi connectivity index (χ4v) is 2.08. The Kier molecular flexibility index (Phi) is 9.09. The van der Waals surface area contributed by atoms with Gasteiger partial charge in [0.1, 0.15) is 17.4 Å². The van der Waals surface area contributed by atoms with Gasteiger partial charge in [0.15, 0.2) is 6.10 Å². The highest BCUT2D eigenvalue weighted by Gasteiger charge is 2.32. The Morgan fingerprint density at radius 2 is 1.22 bits per heavy atom. The lowest BCUT2D eigenvalue weighted by atomic mass is 10.1. The van der Waals surface area contributed by atoms with Crippen LogP contribution in [0, 0.1) is 0 Å². The average Bonchev–Trinajstić information content (AvgIpc) is 2.67. The number of nitrogens with two attached hydrogens (primary N) is 1. The molecule has 0 bridgehead atoms. The molecule has 176 valence electrons. The smallest absolute Gasteiger partial charge is 0.433 e. The highest BCUT2D eigenvalue weighted by Crippen LogP contribution is 2.28. The van der Waals surface area contributed by atoms with Crippen molar-refractivity contribution in [3.05, 3.63) is 59.2 Å². The number of aromatic nitrogens is 2. The zero-order valence-corrected chi connectivity index (χ0v) is 15.9. The third kappa shape index (κ3) is 8.85. The van der Waals surface area contributed by atoms with Crippen LogP contribution in [0.1, 0.15) is 22.5 Å². The number of aliphatic carboxylic acids is 2. The van der Waals surface area contributed by atoms with Crippen molar-refractivity contribution in [2.45, 2.75) is 37.3 Å². The summed E-state index contributed by atoms with van der Waals surface area (Å²) in [6.07, 6.45) is -9.11. The van der Waals surface area contributed by atoms with E-state index in [4.69, 9.17) is 21.1 Å². The Morgan fingerprint density at radius 1 is 0.812 bits per heavy atom. The number of rotatable bonds is 6. The molecule has 0 saturated carbocycles. The zero-order valence-electron chi connectivity index (χ0n) is 15.9. The molecule has 0 aliphatic rings. The molecular formula is C18H17F6N3O5. The minimum atomic E-state index is -4.52. The second-order valence-electron chi connectivity index (χ2n) is 6.31. The van der Waals surface area contributed by atoms with Gasteiger partial charge < -0.3 is 21.1 Å². The average molecular weight is 469 g/mol. The molecule has 0 aliphatic heterocycles. The predicted octanol–water partition coefficient (Wildman–Crippen LogP) is 2.14. The van der Waals surface area contributed by atoms with Gasteiger partial charge in [0.2, 0.25) is 0 Å². The molecule has 0 saturated heterocycles. The van der Waals surface area contributed by atoms with Gasteiger partial charge in [-0.25, -0.2) is 4.79 Å². The zero-order chi connectivity index (χ0) is 24.7. The quantitative estimate of drug-likeness (QED) is 0.471. The number of aliphatic hydroxyl groups excluding tert-OH is 1. The second-order valence-corrected chi connectivity index (χ2v) is 6.31. The summed E-state index contributed by atoms with van der Waals surface area (Å²) in [5.41, 5.74) is 3.73. The number of aliphatic hydroxyl groups is 1. The first-order valence-corrected chi connectivity index (χ1v) is 8.54. The van der Waals surface area contributed by atoms with E-state index in [1.807, 2.05) is 0 Å². The molecule has 0 fully saturated rings. The lowest BCUT2D eigenvalue weighted by molar-refractivity contribution is -0.146. The first-order valence-electron chi connectivity index (χ1n) is 8.54. The van der Waals surface area contributed by atoms with Crippen molar-refractivity contribution in [1.82, 2.24) is 9.97 Å². The van der Waals surface area contributed by atoms with E-state index < -0.39 is 47.8 Å². The Hall–Kier alpha value is -3.26. The molecule has 0 unspecified atom stereocenters. The molecule has 0 amide bonds. The lowest BCUT2D eigenvalue weighted by Gasteiger charge is -2.08. The molecule has 2 heterocycles. The van der Waals surface area contributed by atoms with Crippen LogP contribution < -0.4 is 5.73 Å². The standard InChI is InChI=1S/C9H9F3N2O2.C9H8F3NO3/c10-9(11,12)7-2-1-5(4-14-7)3-6(13)8(15)16;10-9(11,12)7-2-1-5(4-13-7)3-6(14)8(15)16/h1-2,4,6H,3,13H2,(H,15,16);1-2,4,6,14H,3H2,(H,15,16)/t2*6-/m11/s1. The van der Waals surface area contributed by atoms with Crippen molar-refractivity contribution in [3.63, 3.8) is 0 Å². The first-order chi connectivity index (χ1) is 14.6. The van der Waals surface area contributed by atoms with Gasteiger partial charge >= 0.3 is 24.3 Å². The van der Waals surface area contributed by atoms with Gasteiger partial charge in [-0.3, -0.25) is 14.8 Å². The van der Waals surface area contributed by atoms with Crippen molar-refractivity contribution in [2.75, 3.05) is 0 Å². The first kappa shape index (κ1) is 26.8. The summed E-state index contributed by atoms with van der Waals surface area (Å²) in [6, 6.07) is 2.65. The summed E-state index contributed by atoms with van der Waals surface area (Å²) < 4.78 is 72.7. The summed E-state index contributed by atoms with van der Waals surface area (Å²) in [5, 5.41) is 25.8. The molecule has 14 heteroatoms. The number of carboxylic acid groups (broad SMARTS) is 2. The van der Waals surface area contributed by atoms with Crippen LogP contribution in [0.15, 0.2) is 36.7 Å². The lowest BCUT2D eigenvalue weighted by Crippen LogP contribution is -2.32. The van der Waals surface area contributed by atoms with E-state index in [1.54, 1.807) is 0 Å². The molecule has 2 aromatic rings. The third-order valence-corrected chi connectivity index (χ3v) is 3.72. The number of nitrogens with zero attached hydrogens (tertiary/aromatic N) is 2. The number of hydrogen-bond acceptors (Lipinski definition) is 6. The summed E-state index contributed by atoms with van der Waals surface area (Å²) >= 11 is 0. The largest absolute Gasteiger partial charge is 0.480 e. The van der Waals surface area contributed by atoms with Crippen LogP contribution in [0.5, 0.6) is 0 Å². The van der Waals surface area contributed by atoms with E-state index in [0.29, 0.717) is 5.56 Å². The van der Waals surface area contributed by atoms with Gasteiger partial charge in [-0.15, -0.1) is 0 Å². The maximum atomic E-state index is 12.1. The Labute approximate surface area is 176 Å². The van der Waals surface area contributed by atoms with Crippen molar-refractivity contribution >= 4 is 11.9 Å². The molecular weight excluding hydrogens is 452 g/mol. The van der Waals surface area contributed by atoms with E-state index in [2.05, 4.69) is 9.97 Å². The maximum Gasteiger partial charge on any atom is 0.433 e. The Bertz CT molecular complexity index is 826. The minimum Gasteiger partial charge on any atom is -0.480 e. The molecule has 0 radical (unpaired) electrons. The molecule has 5 N–H and O–H groups in total. The molecule has 2 rings (SSSR count). The fraction of sp³-hybridized carbons (Fsp3) is 0.333. The predicted molar refractivity (Wildman–Crippen MR) is 95.1 cm³/mol. The number of carboxylic acids is 2. The monoisotopic (exact) mass is 469 g/mol. The van der Waals surface area contributed by atoms with Gasteiger partial charge in [0.05, 0.1) is 0 Å². The topological polar surface area (TPSA) is 147 Å². The van der Waals surface area contributed by atoms with Gasteiger partial charge in [0.25, 0.3) is 0 Å². The van der Waals surface area contributed by atoms with E-state index in [9.17, 15) is 35.9 Å². The van der Waals surface area contributed by atoms with Crippen LogP contribution in [0.2, 0.25) is 0 Å². The van der Waals surface area contributed by atoms with Gasteiger partial charge in [-0.1, -0.05) is 12.1 Å². The maximum absolute atomic E-state index is 12.1. The van der Waals surface area contributed by atoms with Gasteiger partial charge in [0, 0.05) is 18.8 Å². The number of alkyl halides is 6. The SMILES string of the molecule is N[C@H](Cc1ccc(C(F)(F)F)nc1)C(=O)O.O=C(O)[C@H](O)Cc1ccc(C(F)(F)F)nc1. The molecule has 2 atom stereocenters. The molecule has 0 spiro atoms. The van der Waals surface area contributed by atoms with E-state index in [-0.39, 0.29) is 18.4 Å². The van der Waals surface area contributed by atoms with Gasteiger partial charge in [-0.05, 0) is 29.7 Å². The fourth-order valence-electron chi connectivity index (χ4n) is 2.08. The van der Waals surface area contributed by atoms with Crippen LogP contribution in [0.3, 0.4) is 0 Å². The van der Waals surface area contributed by atoms with Crippen LogP contribution in [-0.2, 0) is 34.8 Å². The number of pyridine rings is 2. The highest BCUT2D eigenvalue weighted by molar-refractivity contribution is 5.73. The normalized spacial score (nSPS) is 13.5. The molecule has 32 heavy (non-hydrogen) atoms. The van der Waals surface area contributed by atoms with Crippen molar-refractivity contribution in [3.8, 4) is 0 Å². The molecule has 0 aliphatic carbocycles. The summed E-state index contributed by atoms with van der Waals surface area (Å²) in [7, 11) is 0. The second kappa shape index (κ2) is 10.9. The van der Waals surface area contributed by atoms with Crippen LogP contribution in [0.25, 0.3) is 0 Å². The third-order valence-electron chi connectivity index (χ3n) is 3.72. The Morgan fingerprint density at radius 3 is 1.50 bits per heavy atom. The van der Waals surface area contributed by atoms with E-state index >= 15 is 0 Å². The van der Waals surface area contributed by atoms with E-state index in [1.165, 1.54) is 6.07 Å². The summed E-state index contributed by atoms with van der Waals surface area (Å²) in [5.74, 6) is -2.64. The highest BCUT2D eigenvalue weighted by atomic mass is 19.4. The molecule has 0 aromatic carbocycles. The van der Waals surface area contributed by atoms with Crippen LogP contribution in [0.4, 0.5) is 26.3 Å². The van der Waals surface area contributed by atoms with Crippen molar-refractivity contribution in [2.24, 2.45) is 5.73 Å². The molecule has 2 aromatic heterocycles. The van der Waals surface area contributed by atoms with Crippen LogP contribution in [-0.4, -0.2) is 49.4 Å². The minimum absolute atomic E-state index is 0.0551. The summed E-state index contributed by atoms with van der Waals surface area (Å²) in [4.78, 5) is 27.0. The number of hydrogen-bond donors (Lipinski definition) is 4. The van der Waals surface area contributed by atoms with Crippen LogP contribution >= 0.6 is 0 Å².